The Bertz CT molecular complexity index is 3670. The zero-order valence-electron chi connectivity index (χ0n) is 44.0. The average Bonchev–Trinajstić information content (AvgIpc) is 3.70. The molecule has 0 saturated heterocycles. The summed E-state index contributed by atoms with van der Waals surface area (Å²) in [5.41, 5.74) is 25.1. The van der Waals surface area contributed by atoms with Crippen molar-refractivity contribution in [3.05, 3.63) is 265 Å². The lowest BCUT2D eigenvalue weighted by molar-refractivity contribution is -0.00518. The van der Waals surface area contributed by atoms with E-state index in [-0.39, 0.29) is 5.41 Å². The largest absolute Gasteiger partial charge is 0.311 e. The molecule has 0 spiro atoms. The van der Waals surface area contributed by atoms with E-state index in [1.807, 2.05) is 0 Å². The molecule has 10 aromatic rings. The molecule has 2 nitrogen and oxygen atoms in total. The van der Waals surface area contributed by atoms with Crippen LogP contribution in [0.25, 0.3) is 55.6 Å². The molecule has 15 rings (SSSR count). The summed E-state index contributed by atoms with van der Waals surface area (Å²) in [6.07, 6.45) is 8.71. The van der Waals surface area contributed by atoms with Crippen molar-refractivity contribution in [3.8, 4) is 55.6 Å². The topological polar surface area (TPSA) is 6.48 Å². The molecule has 4 bridgehead atoms. The predicted molar refractivity (Wildman–Crippen MR) is 320 cm³/mol. The van der Waals surface area contributed by atoms with Crippen molar-refractivity contribution in [1.82, 2.24) is 0 Å². The summed E-state index contributed by atoms with van der Waals surface area (Å²) in [5, 5.41) is 0. The lowest BCUT2D eigenvalue weighted by Crippen LogP contribution is -2.48. The molecule has 0 N–H and O–H groups in total. The van der Waals surface area contributed by atoms with Gasteiger partial charge in [0.25, 0.3) is 0 Å². The second-order valence-corrected chi connectivity index (χ2v) is 23.3. The van der Waals surface area contributed by atoms with Crippen molar-refractivity contribution < 1.29 is 0 Å². The van der Waals surface area contributed by atoms with Crippen molar-refractivity contribution in [3.63, 3.8) is 0 Å². The van der Waals surface area contributed by atoms with E-state index in [0.29, 0.717) is 5.41 Å². The molecule has 0 amide bonds. The molecular formula is C74H64N2. The fourth-order valence-electron chi connectivity index (χ4n) is 14.6. The summed E-state index contributed by atoms with van der Waals surface area (Å²) < 4.78 is 0. The van der Waals surface area contributed by atoms with Crippen molar-refractivity contribution in [2.45, 2.75) is 70.1 Å². The molecule has 5 aliphatic rings. The molecule has 0 aliphatic heterocycles. The van der Waals surface area contributed by atoms with Crippen LogP contribution in [0.1, 0.15) is 74.6 Å². The number of rotatable bonds is 11. The van der Waals surface area contributed by atoms with Crippen LogP contribution >= 0.6 is 0 Å². The monoisotopic (exact) mass is 981 g/mol. The van der Waals surface area contributed by atoms with Gasteiger partial charge in [-0.2, -0.15) is 0 Å². The molecule has 5 aliphatic carbocycles. The van der Waals surface area contributed by atoms with Crippen LogP contribution in [0.3, 0.4) is 0 Å². The van der Waals surface area contributed by atoms with Crippen LogP contribution in [-0.4, -0.2) is 0 Å². The fraction of sp³-hybridized carbons (Fsp3) is 0.189. The molecule has 0 atom stereocenters. The lowest BCUT2D eigenvalue weighted by atomic mass is 9.48. The number of benzene rings is 10. The van der Waals surface area contributed by atoms with E-state index < -0.39 is 0 Å². The summed E-state index contributed by atoms with van der Waals surface area (Å²) in [6.45, 7) is 6.87. The van der Waals surface area contributed by atoms with Gasteiger partial charge < -0.3 is 9.80 Å². The average molecular weight is 981 g/mol. The van der Waals surface area contributed by atoms with E-state index in [1.165, 1.54) is 111 Å². The van der Waals surface area contributed by atoms with Gasteiger partial charge in [-0.3, -0.25) is 0 Å². The van der Waals surface area contributed by atoms with E-state index in [0.717, 1.165) is 51.9 Å². The number of aryl methyl sites for hydroxylation is 1. The van der Waals surface area contributed by atoms with E-state index in [4.69, 9.17) is 0 Å². The minimum atomic E-state index is -0.104. The van der Waals surface area contributed by atoms with Gasteiger partial charge in [-0.25, -0.2) is 0 Å². The first-order chi connectivity index (χ1) is 37.2. The Morgan fingerprint density at radius 3 is 1.09 bits per heavy atom. The normalized spacial score (nSPS) is 19.5. The van der Waals surface area contributed by atoms with Gasteiger partial charge in [0.2, 0.25) is 0 Å². The number of fused-ring (bicyclic) bond motifs is 3. The maximum Gasteiger partial charge on any atom is 0.0465 e. The molecule has 0 unspecified atom stereocenters. The van der Waals surface area contributed by atoms with Crippen molar-refractivity contribution >= 4 is 34.1 Å². The summed E-state index contributed by atoms with van der Waals surface area (Å²) in [6, 6.07) is 90.5. The minimum absolute atomic E-state index is 0.104. The van der Waals surface area contributed by atoms with E-state index in [2.05, 4.69) is 273 Å². The van der Waals surface area contributed by atoms with Crippen molar-refractivity contribution in [2.75, 3.05) is 9.80 Å². The number of nitrogens with zero attached hydrogens (tertiary/aromatic N) is 2. The third kappa shape index (κ3) is 8.27. The SMILES string of the molecule is Cc1ccc(N(c2ccc(-c3ccc(-c4ccc(C56CC7CC(CC(C7)C5)C6)cc4)cc3)cc2)c2ccc(-c3ccc(N(c4ccc(-c5ccccc5)cc4)c4ccc5c(c4)C(C)(C)c4ccccc4-5)cc3)cc2)cc1. The van der Waals surface area contributed by atoms with Gasteiger partial charge in [0, 0.05) is 39.5 Å². The third-order valence-corrected chi connectivity index (χ3v) is 18.1. The van der Waals surface area contributed by atoms with Crippen molar-refractivity contribution in [2.24, 2.45) is 17.8 Å². The van der Waals surface area contributed by atoms with Crippen LogP contribution in [-0.2, 0) is 10.8 Å². The Kier molecular flexibility index (Phi) is 11.3. The molecule has 4 fully saturated rings. The highest BCUT2D eigenvalue weighted by molar-refractivity contribution is 5.87. The highest BCUT2D eigenvalue weighted by atomic mass is 15.1. The summed E-state index contributed by atoms with van der Waals surface area (Å²) in [5.74, 6) is 2.89. The zero-order valence-corrected chi connectivity index (χ0v) is 44.0. The first kappa shape index (κ1) is 46.3. The fourth-order valence-corrected chi connectivity index (χ4v) is 14.6. The number of hydrogen-bond donors (Lipinski definition) is 0. The van der Waals surface area contributed by atoms with Gasteiger partial charge in [-0.15, -0.1) is 0 Å². The Balaban J connectivity index is 0.723. The van der Waals surface area contributed by atoms with Gasteiger partial charge in [0.1, 0.15) is 0 Å². The summed E-state index contributed by atoms with van der Waals surface area (Å²) >= 11 is 0. The van der Waals surface area contributed by atoms with Gasteiger partial charge in [-0.1, -0.05) is 189 Å². The Labute approximate surface area is 450 Å². The smallest absolute Gasteiger partial charge is 0.0465 e. The first-order valence-corrected chi connectivity index (χ1v) is 27.8. The number of hydrogen-bond acceptors (Lipinski definition) is 2. The second-order valence-electron chi connectivity index (χ2n) is 23.3. The molecule has 10 aromatic carbocycles. The standard InChI is InChI=1S/C74H64N2/c1-50-13-31-63(32-14-50)75(64-33-23-59(24-34-64)56-17-15-55(16-18-56)57-19-29-62(30-20-57)74-47-51-43-52(48-74)45-53(44-51)49-74)65-35-25-60(26-36-65)61-27-39-67(40-28-61)76(66-37-21-58(22-38-66)54-9-5-4-6-10-54)68-41-42-70-69-11-7-8-12-71(69)73(2,3)72(70)46-68/h4-42,46,51-53H,43-45,47-49H2,1-3H3. The maximum absolute atomic E-state index is 2.47. The van der Waals surface area contributed by atoms with E-state index >= 15 is 0 Å². The first-order valence-electron chi connectivity index (χ1n) is 27.8. The Morgan fingerprint density at radius 1 is 0.316 bits per heavy atom. The molecule has 4 saturated carbocycles. The molecule has 76 heavy (non-hydrogen) atoms. The minimum Gasteiger partial charge on any atom is -0.311 e. The predicted octanol–water partition coefficient (Wildman–Crippen LogP) is 20.4. The Morgan fingerprint density at radius 2 is 0.645 bits per heavy atom. The van der Waals surface area contributed by atoms with Gasteiger partial charge in [0.05, 0.1) is 0 Å². The van der Waals surface area contributed by atoms with Crippen LogP contribution in [0, 0.1) is 24.7 Å². The molecule has 370 valence electrons. The van der Waals surface area contributed by atoms with Crippen LogP contribution in [0.5, 0.6) is 0 Å². The zero-order chi connectivity index (χ0) is 51.0. The van der Waals surface area contributed by atoms with Gasteiger partial charge in [-0.05, 0) is 214 Å². The van der Waals surface area contributed by atoms with Crippen LogP contribution in [0.15, 0.2) is 243 Å². The lowest BCUT2D eigenvalue weighted by Gasteiger charge is -2.57. The van der Waals surface area contributed by atoms with Crippen LogP contribution < -0.4 is 9.80 Å². The maximum atomic E-state index is 2.47. The van der Waals surface area contributed by atoms with Crippen molar-refractivity contribution in [1.29, 1.82) is 0 Å². The Hall–Kier alpha value is -8.20. The highest BCUT2D eigenvalue weighted by Gasteiger charge is 2.51. The highest BCUT2D eigenvalue weighted by Crippen LogP contribution is 2.61. The summed E-state index contributed by atoms with van der Waals surface area (Å²) in [7, 11) is 0. The van der Waals surface area contributed by atoms with E-state index in [1.54, 1.807) is 5.56 Å². The molecule has 0 aromatic heterocycles. The molecule has 0 radical (unpaired) electrons. The van der Waals surface area contributed by atoms with Crippen LogP contribution in [0.2, 0.25) is 0 Å². The van der Waals surface area contributed by atoms with E-state index in [9.17, 15) is 0 Å². The van der Waals surface area contributed by atoms with Gasteiger partial charge >= 0.3 is 0 Å². The third-order valence-electron chi connectivity index (χ3n) is 18.1. The molecule has 2 heteroatoms. The second kappa shape index (κ2) is 18.6. The quantitative estimate of drug-likeness (QED) is 0.127. The summed E-state index contributed by atoms with van der Waals surface area (Å²) in [4.78, 5) is 4.77. The molecular weight excluding hydrogens is 917 g/mol. The van der Waals surface area contributed by atoms with Crippen LogP contribution in [0.4, 0.5) is 34.1 Å². The number of anilines is 6. The molecule has 0 heterocycles. The van der Waals surface area contributed by atoms with Gasteiger partial charge in [0.15, 0.2) is 0 Å².